The van der Waals surface area contributed by atoms with Gasteiger partial charge in [-0.05, 0) is 23.7 Å². The molecule has 3 nitrogen and oxygen atoms in total. The lowest BCUT2D eigenvalue weighted by atomic mass is 10.3. The van der Waals surface area contributed by atoms with Crippen molar-refractivity contribution in [3.8, 4) is 5.75 Å². The standard InChI is InChI=1S/C8H5Cl3O3S/c9-5-8(10)14-6-3-1-2-4-7(6)15(11,12)13/h1-5H. The van der Waals surface area contributed by atoms with E-state index in [9.17, 15) is 8.42 Å². The van der Waals surface area contributed by atoms with E-state index in [0.717, 1.165) is 5.54 Å². The molecule has 1 rings (SSSR count). The van der Waals surface area contributed by atoms with Gasteiger partial charge in [0.15, 0.2) is 0 Å². The molecule has 0 aliphatic heterocycles. The Hall–Kier alpha value is -0.420. The first-order valence-electron chi connectivity index (χ1n) is 3.62. The lowest BCUT2D eigenvalue weighted by Gasteiger charge is -2.06. The molecule has 0 saturated carbocycles. The van der Waals surface area contributed by atoms with Crippen molar-refractivity contribution < 1.29 is 13.2 Å². The molecule has 0 N–H and O–H groups in total. The number of para-hydroxylation sites is 1. The van der Waals surface area contributed by atoms with Crippen molar-refractivity contribution in [3.05, 3.63) is 35.0 Å². The van der Waals surface area contributed by atoms with Crippen LogP contribution in [0.15, 0.2) is 39.9 Å². The molecule has 0 amide bonds. The van der Waals surface area contributed by atoms with Crippen LogP contribution in [0, 0.1) is 0 Å². The van der Waals surface area contributed by atoms with Crippen molar-refractivity contribution in [2.45, 2.75) is 4.90 Å². The maximum absolute atomic E-state index is 11.1. The summed E-state index contributed by atoms with van der Waals surface area (Å²) in [5, 5.41) is -0.149. The van der Waals surface area contributed by atoms with Gasteiger partial charge in [-0.2, -0.15) is 0 Å². The molecule has 7 heteroatoms. The van der Waals surface area contributed by atoms with Gasteiger partial charge >= 0.3 is 0 Å². The van der Waals surface area contributed by atoms with Crippen molar-refractivity contribution in [2.24, 2.45) is 0 Å². The molecule has 0 atom stereocenters. The summed E-state index contributed by atoms with van der Waals surface area (Å²) in [5.74, 6) is 0.0226. The van der Waals surface area contributed by atoms with Gasteiger partial charge in [-0.3, -0.25) is 0 Å². The van der Waals surface area contributed by atoms with Crippen LogP contribution in [0.4, 0.5) is 0 Å². The lowest BCUT2D eigenvalue weighted by Crippen LogP contribution is -1.96. The molecule has 0 aliphatic carbocycles. The maximum Gasteiger partial charge on any atom is 0.265 e. The van der Waals surface area contributed by atoms with E-state index in [4.69, 9.17) is 38.6 Å². The second-order valence-electron chi connectivity index (χ2n) is 2.40. The van der Waals surface area contributed by atoms with Crippen LogP contribution in [0.3, 0.4) is 0 Å². The fourth-order valence-electron chi connectivity index (χ4n) is 0.863. The Labute approximate surface area is 102 Å². The Morgan fingerprint density at radius 3 is 2.47 bits per heavy atom. The molecule has 0 aliphatic rings. The van der Waals surface area contributed by atoms with Gasteiger partial charge in [0.25, 0.3) is 9.05 Å². The summed E-state index contributed by atoms with van der Waals surface area (Å²) in [7, 11) is 1.32. The summed E-state index contributed by atoms with van der Waals surface area (Å²) in [6.45, 7) is 0. The molecule has 0 unspecified atom stereocenters. The van der Waals surface area contributed by atoms with E-state index in [1.54, 1.807) is 6.07 Å². The van der Waals surface area contributed by atoms with Gasteiger partial charge in [0, 0.05) is 10.7 Å². The highest BCUT2D eigenvalue weighted by atomic mass is 35.7. The van der Waals surface area contributed by atoms with Gasteiger partial charge in [0.2, 0.25) is 5.22 Å². The summed E-state index contributed by atoms with van der Waals surface area (Å²) < 4.78 is 27.2. The summed E-state index contributed by atoms with van der Waals surface area (Å²) in [6, 6.07) is 5.81. The largest absolute Gasteiger partial charge is 0.443 e. The number of halogens is 3. The fourth-order valence-corrected chi connectivity index (χ4v) is 1.96. The highest BCUT2D eigenvalue weighted by molar-refractivity contribution is 8.13. The molecule has 1 aromatic carbocycles. The zero-order valence-corrected chi connectivity index (χ0v) is 10.2. The molecule has 0 saturated heterocycles. The molecule has 82 valence electrons. The topological polar surface area (TPSA) is 43.4 Å². The quantitative estimate of drug-likeness (QED) is 0.633. The van der Waals surface area contributed by atoms with E-state index in [1.165, 1.54) is 18.2 Å². The van der Waals surface area contributed by atoms with E-state index in [0.29, 0.717) is 0 Å². The van der Waals surface area contributed by atoms with Crippen LogP contribution in [0.5, 0.6) is 5.75 Å². The molecule has 0 aromatic heterocycles. The number of hydrogen-bond acceptors (Lipinski definition) is 3. The molecular formula is C8H5Cl3O3S. The first-order valence-corrected chi connectivity index (χ1v) is 6.75. The second kappa shape index (κ2) is 5.07. The molecule has 0 radical (unpaired) electrons. The molecular weight excluding hydrogens is 283 g/mol. The zero-order valence-electron chi connectivity index (χ0n) is 7.15. The zero-order chi connectivity index (χ0) is 11.5. The predicted molar refractivity (Wildman–Crippen MR) is 59.9 cm³/mol. The Kier molecular flexibility index (Phi) is 4.28. The Morgan fingerprint density at radius 1 is 1.33 bits per heavy atom. The third kappa shape index (κ3) is 3.57. The monoisotopic (exact) mass is 286 g/mol. The van der Waals surface area contributed by atoms with E-state index >= 15 is 0 Å². The Balaban J connectivity index is 3.19. The number of ether oxygens (including phenoxy) is 1. The second-order valence-corrected chi connectivity index (χ2v) is 5.52. The summed E-state index contributed by atoms with van der Waals surface area (Å²) in [6.07, 6.45) is 0. The van der Waals surface area contributed by atoms with Gasteiger partial charge in [0.05, 0.1) is 5.54 Å². The molecule has 0 fully saturated rings. The number of rotatable bonds is 3. The van der Waals surface area contributed by atoms with Crippen molar-refractivity contribution >= 4 is 42.9 Å². The minimum absolute atomic E-state index is 0.0226. The fraction of sp³-hybridized carbons (Fsp3) is 0. The SMILES string of the molecule is O=S(=O)(Cl)c1ccccc1OC(Cl)=CCl. The van der Waals surface area contributed by atoms with E-state index in [2.05, 4.69) is 0 Å². The van der Waals surface area contributed by atoms with Crippen LogP contribution >= 0.6 is 33.9 Å². The van der Waals surface area contributed by atoms with Gasteiger partial charge < -0.3 is 4.74 Å². The third-order valence-electron chi connectivity index (χ3n) is 1.41. The highest BCUT2D eigenvalue weighted by Gasteiger charge is 2.16. The van der Waals surface area contributed by atoms with Gasteiger partial charge in [-0.1, -0.05) is 23.7 Å². The number of hydrogen-bond donors (Lipinski definition) is 0. The van der Waals surface area contributed by atoms with Crippen LogP contribution in [-0.4, -0.2) is 8.42 Å². The summed E-state index contributed by atoms with van der Waals surface area (Å²) >= 11 is 10.8. The van der Waals surface area contributed by atoms with Crippen molar-refractivity contribution in [3.63, 3.8) is 0 Å². The van der Waals surface area contributed by atoms with Crippen LogP contribution in [-0.2, 0) is 9.05 Å². The van der Waals surface area contributed by atoms with Crippen molar-refractivity contribution in [1.82, 2.24) is 0 Å². The first-order chi connectivity index (χ1) is 6.95. The van der Waals surface area contributed by atoms with Crippen LogP contribution in [0.2, 0.25) is 0 Å². The Bertz CT molecular complexity index is 482. The van der Waals surface area contributed by atoms with E-state index < -0.39 is 9.05 Å². The van der Waals surface area contributed by atoms with E-state index in [1.807, 2.05) is 0 Å². The molecule has 0 spiro atoms. The Morgan fingerprint density at radius 2 is 1.93 bits per heavy atom. The summed E-state index contributed by atoms with van der Waals surface area (Å²) in [4.78, 5) is -0.164. The van der Waals surface area contributed by atoms with Gasteiger partial charge in [0.1, 0.15) is 10.6 Å². The lowest BCUT2D eigenvalue weighted by molar-refractivity contribution is 0.450. The normalized spacial score (nSPS) is 12.6. The van der Waals surface area contributed by atoms with Crippen LogP contribution in [0.1, 0.15) is 0 Å². The van der Waals surface area contributed by atoms with Gasteiger partial charge in [-0.15, -0.1) is 0 Å². The van der Waals surface area contributed by atoms with Crippen LogP contribution < -0.4 is 4.74 Å². The van der Waals surface area contributed by atoms with Crippen molar-refractivity contribution in [2.75, 3.05) is 0 Å². The van der Waals surface area contributed by atoms with Crippen LogP contribution in [0.25, 0.3) is 0 Å². The maximum atomic E-state index is 11.1. The summed E-state index contributed by atoms with van der Waals surface area (Å²) in [5.41, 5.74) is 0.971. The minimum Gasteiger partial charge on any atom is -0.443 e. The van der Waals surface area contributed by atoms with Crippen molar-refractivity contribution in [1.29, 1.82) is 0 Å². The van der Waals surface area contributed by atoms with E-state index in [-0.39, 0.29) is 15.9 Å². The molecule has 1 aromatic rings. The average molecular weight is 288 g/mol. The minimum atomic E-state index is -3.87. The molecule has 0 heterocycles. The van der Waals surface area contributed by atoms with Gasteiger partial charge in [-0.25, -0.2) is 8.42 Å². The molecule has 0 bridgehead atoms. The third-order valence-corrected chi connectivity index (χ3v) is 3.26. The number of benzene rings is 1. The molecule has 15 heavy (non-hydrogen) atoms. The highest BCUT2D eigenvalue weighted by Crippen LogP contribution is 2.28. The first kappa shape index (κ1) is 12.6. The predicted octanol–water partition coefficient (Wildman–Crippen LogP) is 3.27. The average Bonchev–Trinajstić information content (AvgIpc) is 2.17. The smallest absolute Gasteiger partial charge is 0.265 e.